The number of nitrogens with one attached hydrogen (secondary N) is 1. The second kappa shape index (κ2) is 6.55. The predicted molar refractivity (Wildman–Crippen MR) is 89.3 cm³/mol. The first kappa shape index (κ1) is 15.8. The summed E-state index contributed by atoms with van der Waals surface area (Å²) in [4.78, 5) is 6.74. The van der Waals surface area contributed by atoms with Crippen LogP contribution in [0, 0.1) is 6.92 Å². The molecular formula is C16H19N3O3S. The SMILES string of the molecule is Cc1ccccc1S(=O)(=O)Nc1ccc(N2CCOCC2)nc1. The standard InChI is InChI=1S/C16H19N3O3S/c1-13-4-2-3-5-15(13)23(20,21)18-14-6-7-16(17-12-14)19-8-10-22-11-9-19/h2-7,12,18H,8-11H2,1H3. The Labute approximate surface area is 136 Å². The van der Waals surface area contributed by atoms with Gasteiger partial charge in [0.05, 0.1) is 30.0 Å². The van der Waals surface area contributed by atoms with E-state index in [9.17, 15) is 8.42 Å². The van der Waals surface area contributed by atoms with Crippen molar-refractivity contribution in [2.24, 2.45) is 0 Å². The van der Waals surface area contributed by atoms with Gasteiger partial charge in [-0.05, 0) is 30.7 Å². The van der Waals surface area contributed by atoms with Crippen molar-refractivity contribution in [2.45, 2.75) is 11.8 Å². The zero-order valence-electron chi connectivity index (χ0n) is 12.9. The summed E-state index contributed by atoms with van der Waals surface area (Å²) in [5.41, 5.74) is 1.16. The zero-order valence-corrected chi connectivity index (χ0v) is 13.7. The van der Waals surface area contributed by atoms with E-state index in [2.05, 4.69) is 14.6 Å². The van der Waals surface area contributed by atoms with Gasteiger partial charge in [0.2, 0.25) is 0 Å². The highest BCUT2D eigenvalue weighted by molar-refractivity contribution is 7.92. The Morgan fingerprint density at radius 2 is 1.87 bits per heavy atom. The first-order chi connectivity index (χ1) is 11.1. The zero-order chi connectivity index (χ0) is 16.3. The summed E-state index contributed by atoms with van der Waals surface area (Å²) in [6, 6.07) is 10.4. The number of nitrogens with zero attached hydrogens (tertiary/aromatic N) is 2. The Bertz CT molecular complexity index is 769. The van der Waals surface area contributed by atoms with Crippen LogP contribution in [0.15, 0.2) is 47.5 Å². The Morgan fingerprint density at radius 1 is 1.13 bits per heavy atom. The molecule has 2 aromatic rings. The molecule has 1 fully saturated rings. The van der Waals surface area contributed by atoms with Gasteiger partial charge in [0.25, 0.3) is 10.0 Å². The van der Waals surface area contributed by atoms with Crippen LogP contribution in [0.1, 0.15) is 5.56 Å². The molecule has 6 nitrogen and oxygen atoms in total. The molecule has 1 saturated heterocycles. The van der Waals surface area contributed by atoms with Crippen molar-refractivity contribution < 1.29 is 13.2 Å². The monoisotopic (exact) mass is 333 g/mol. The van der Waals surface area contributed by atoms with Gasteiger partial charge in [-0.15, -0.1) is 0 Å². The molecule has 0 saturated carbocycles. The third-order valence-electron chi connectivity index (χ3n) is 3.72. The van der Waals surface area contributed by atoms with E-state index in [4.69, 9.17) is 4.74 Å². The number of pyridine rings is 1. The van der Waals surface area contributed by atoms with Crippen LogP contribution in [0.5, 0.6) is 0 Å². The third kappa shape index (κ3) is 3.62. The van der Waals surface area contributed by atoms with Gasteiger partial charge in [0.15, 0.2) is 0 Å². The van der Waals surface area contributed by atoms with Gasteiger partial charge in [0.1, 0.15) is 5.82 Å². The molecule has 2 heterocycles. The molecule has 0 spiro atoms. The number of aromatic nitrogens is 1. The molecule has 7 heteroatoms. The van der Waals surface area contributed by atoms with Gasteiger partial charge in [-0.3, -0.25) is 4.72 Å². The van der Waals surface area contributed by atoms with Gasteiger partial charge in [-0.25, -0.2) is 13.4 Å². The Balaban J connectivity index is 1.76. The maximum absolute atomic E-state index is 12.4. The lowest BCUT2D eigenvalue weighted by atomic mass is 10.2. The van der Waals surface area contributed by atoms with Crippen LogP contribution in [0.2, 0.25) is 0 Å². The molecule has 122 valence electrons. The smallest absolute Gasteiger partial charge is 0.262 e. The van der Waals surface area contributed by atoms with Crippen LogP contribution in [0.25, 0.3) is 0 Å². The summed E-state index contributed by atoms with van der Waals surface area (Å²) >= 11 is 0. The van der Waals surface area contributed by atoms with Crippen molar-refractivity contribution >= 4 is 21.5 Å². The lowest BCUT2D eigenvalue weighted by molar-refractivity contribution is 0.122. The molecule has 0 unspecified atom stereocenters. The lowest BCUT2D eigenvalue weighted by Gasteiger charge is -2.27. The number of anilines is 2. The maximum Gasteiger partial charge on any atom is 0.262 e. The molecular weight excluding hydrogens is 314 g/mol. The molecule has 0 bridgehead atoms. The largest absolute Gasteiger partial charge is 0.378 e. The molecule has 23 heavy (non-hydrogen) atoms. The molecule has 0 atom stereocenters. The highest BCUT2D eigenvalue weighted by Crippen LogP contribution is 2.20. The minimum Gasteiger partial charge on any atom is -0.378 e. The van der Waals surface area contributed by atoms with E-state index in [0.717, 1.165) is 18.9 Å². The summed E-state index contributed by atoms with van der Waals surface area (Å²) < 4.78 is 32.8. The van der Waals surface area contributed by atoms with Gasteiger partial charge in [-0.1, -0.05) is 18.2 Å². The van der Waals surface area contributed by atoms with Crippen LogP contribution < -0.4 is 9.62 Å². The summed E-state index contributed by atoms with van der Waals surface area (Å²) in [6.07, 6.45) is 1.54. The van der Waals surface area contributed by atoms with Crippen LogP contribution in [0.3, 0.4) is 0 Å². The second-order valence-corrected chi connectivity index (χ2v) is 7.03. The average Bonchev–Trinajstić information content (AvgIpc) is 2.56. The lowest BCUT2D eigenvalue weighted by Crippen LogP contribution is -2.36. The number of hydrogen-bond donors (Lipinski definition) is 1. The van der Waals surface area contributed by atoms with Crippen LogP contribution in [0.4, 0.5) is 11.5 Å². The van der Waals surface area contributed by atoms with E-state index < -0.39 is 10.0 Å². The second-order valence-electron chi connectivity index (χ2n) is 5.38. The first-order valence-electron chi connectivity index (χ1n) is 7.43. The van der Waals surface area contributed by atoms with Crippen molar-refractivity contribution in [1.29, 1.82) is 0 Å². The topological polar surface area (TPSA) is 71.5 Å². The van der Waals surface area contributed by atoms with Gasteiger partial charge >= 0.3 is 0 Å². The minimum atomic E-state index is -3.61. The Hall–Kier alpha value is -2.12. The van der Waals surface area contributed by atoms with Gasteiger partial charge < -0.3 is 9.64 Å². The fourth-order valence-electron chi connectivity index (χ4n) is 2.49. The number of ether oxygens (including phenoxy) is 1. The van der Waals surface area contributed by atoms with Crippen molar-refractivity contribution in [3.63, 3.8) is 0 Å². The summed E-state index contributed by atoms with van der Waals surface area (Å²) in [7, 11) is -3.61. The molecule has 0 radical (unpaired) electrons. The van der Waals surface area contributed by atoms with Gasteiger partial charge in [-0.2, -0.15) is 0 Å². The van der Waals surface area contributed by atoms with E-state index in [0.29, 0.717) is 24.5 Å². The predicted octanol–water partition coefficient (Wildman–Crippen LogP) is 2.03. The van der Waals surface area contributed by atoms with Crippen molar-refractivity contribution in [3.05, 3.63) is 48.2 Å². The Kier molecular flexibility index (Phi) is 4.49. The molecule has 3 rings (SSSR count). The highest BCUT2D eigenvalue weighted by Gasteiger charge is 2.17. The number of benzene rings is 1. The van der Waals surface area contributed by atoms with E-state index in [-0.39, 0.29) is 4.90 Å². The molecule has 1 aromatic carbocycles. The van der Waals surface area contributed by atoms with Crippen LogP contribution in [-0.2, 0) is 14.8 Å². The molecule has 1 N–H and O–H groups in total. The summed E-state index contributed by atoms with van der Waals surface area (Å²) in [6.45, 7) is 4.73. The molecule has 1 aliphatic rings. The normalized spacial score (nSPS) is 15.4. The molecule has 1 aliphatic heterocycles. The highest BCUT2D eigenvalue weighted by atomic mass is 32.2. The average molecular weight is 333 g/mol. The van der Waals surface area contributed by atoms with E-state index in [1.54, 1.807) is 37.4 Å². The van der Waals surface area contributed by atoms with Crippen molar-refractivity contribution in [1.82, 2.24) is 4.98 Å². The molecule has 1 aromatic heterocycles. The Morgan fingerprint density at radius 3 is 2.52 bits per heavy atom. The quantitative estimate of drug-likeness (QED) is 0.927. The summed E-state index contributed by atoms with van der Waals surface area (Å²) in [5.74, 6) is 0.826. The fourth-order valence-corrected chi connectivity index (χ4v) is 3.78. The number of sulfonamides is 1. The van der Waals surface area contributed by atoms with E-state index in [1.165, 1.54) is 0 Å². The number of rotatable bonds is 4. The summed E-state index contributed by atoms with van der Waals surface area (Å²) in [5, 5.41) is 0. The molecule has 0 aliphatic carbocycles. The van der Waals surface area contributed by atoms with Crippen LogP contribution in [-0.4, -0.2) is 39.7 Å². The van der Waals surface area contributed by atoms with Gasteiger partial charge in [0, 0.05) is 13.1 Å². The van der Waals surface area contributed by atoms with Crippen LogP contribution >= 0.6 is 0 Å². The first-order valence-corrected chi connectivity index (χ1v) is 8.92. The maximum atomic E-state index is 12.4. The minimum absolute atomic E-state index is 0.275. The third-order valence-corrected chi connectivity index (χ3v) is 5.26. The van der Waals surface area contributed by atoms with Crippen molar-refractivity contribution in [2.75, 3.05) is 35.9 Å². The van der Waals surface area contributed by atoms with E-state index >= 15 is 0 Å². The number of morpholine rings is 1. The van der Waals surface area contributed by atoms with E-state index in [1.807, 2.05) is 12.1 Å². The number of aryl methyl sites for hydroxylation is 1. The van der Waals surface area contributed by atoms with Crippen molar-refractivity contribution in [3.8, 4) is 0 Å². The molecule has 0 amide bonds. The number of hydrogen-bond acceptors (Lipinski definition) is 5. The fraction of sp³-hybridized carbons (Fsp3) is 0.312.